The van der Waals surface area contributed by atoms with Crippen molar-refractivity contribution >= 4 is 5.97 Å². The Morgan fingerprint density at radius 3 is 1.55 bits per heavy atom. The third-order valence-electron chi connectivity index (χ3n) is 6.06. The maximum absolute atomic E-state index is 11.9. The number of aliphatic hydroxyl groups is 1. The van der Waals surface area contributed by atoms with Crippen LogP contribution in [0.3, 0.4) is 0 Å². The summed E-state index contributed by atoms with van der Waals surface area (Å²) in [5, 5.41) is 8.74. The number of carbonyl (C=O) groups excluding carboxylic acids is 1. The highest BCUT2D eigenvalue weighted by Crippen LogP contribution is 2.15. The first-order valence-electron chi connectivity index (χ1n) is 13.0. The van der Waals surface area contributed by atoms with Gasteiger partial charge in [0.1, 0.15) is 0 Å². The van der Waals surface area contributed by atoms with Gasteiger partial charge in [-0.15, -0.1) is 0 Å². The van der Waals surface area contributed by atoms with Crippen LogP contribution in [0.4, 0.5) is 0 Å². The molecular weight excluding hydrogens is 360 g/mol. The first-order valence-corrected chi connectivity index (χ1v) is 13.0. The van der Waals surface area contributed by atoms with Crippen molar-refractivity contribution < 1.29 is 14.6 Å². The van der Waals surface area contributed by atoms with Gasteiger partial charge in [0.25, 0.3) is 0 Å². The van der Waals surface area contributed by atoms with Crippen molar-refractivity contribution in [2.24, 2.45) is 5.92 Å². The molecule has 0 bridgehead atoms. The summed E-state index contributed by atoms with van der Waals surface area (Å²) >= 11 is 0. The summed E-state index contributed by atoms with van der Waals surface area (Å²) in [4.78, 5) is 11.9. The van der Waals surface area contributed by atoms with Crippen LogP contribution in [0, 0.1) is 5.92 Å². The number of ether oxygens (including phenoxy) is 1. The van der Waals surface area contributed by atoms with Crippen molar-refractivity contribution in [3.8, 4) is 0 Å². The second kappa shape index (κ2) is 23.7. The van der Waals surface area contributed by atoms with E-state index in [0.29, 0.717) is 25.6 Å². The van der Waals surface area contributed by atoms with Gasteiger partial charge in [-0.25, -0.2) is 0 Å². The average molecular weight is 413 g/mol. The summed E-state index contributed by atoms with van der Waals surface area (Å²) in [6, 6.07) is 0. The van der Waals surface area contributed by atoms with E-state index in [1.807, 2.05) is 0 Å². The van der Waals surface area contributed by atoms with E-state index in [2.05, 4.69) is 13.8 Å². The van der Waals surface area contributed by atoms with Crippen LogP contribution >= 0.6 is 0 Å². The molecule has 1 N–H and O–H groups in total. The van der Waals surface area contributed by atoms with E-state index < -0.39 is 0 Å². The fourth-order valence-electron chi connectivity index (χ4n) is 3.86. The number of carbonyl (C=O) groups is 1. The molecule has 0 fully saturated rings. The Morgan fingerprint density at radius 2 is 1.14 bits per heavy atom. The molecule has 1 atom stereocenters. The second-order valence-corrected chi connectivity index (χ2v) is 8.88. The summed E-state index contributed by atoms with van der Waals surface area (Å²) in [6.07, 6.45) is 24.5. The van der Waals surface area contributed by atoms with Gasteiger partial charge in [-0.05, 0) is 25.2 Å². The molecule has 0 aliphatic carbocycles. The van der Waals surface area contributed by atoms with Crippen LogP contribution in [-0.4, -0.2) is 24.3 Å². The zero-order chi connectivity index (χ0) is 21.4. The Morgan fingerprint density at radius 1 is 0.690 bits per heavy atom. The van der Waals surface area contributed by atoms with E-state index >= 15 is 0 Å². The Kier molecular flexibility index (Phi) is 23.2. The molecule has 0 amide bonds. The standard InChI is InChI=1S/C26H52O3/c1-3-5-21-25(4-2)24-29-26(28)22-19-17-15-13-11-9-7-6-8-10-12-14-16-18-20-23-27/h25,27H,3-24H2,1-2H3/t25-/m0/s1. The highest BCUT2D eigenvalue weighted by Gasteiger charge is 2.09. The van der Waals surface area contributed by atoms with E-state index in [0.717, 1.165) is 19.3 Å². The monoisotopic (exact) mass is 412 g/mol. The molecule has 3 heteroatoms. The van der Waals surface area contributed by atoms with Gasteiger partial charge < -0.3 is 9.84 Å². The molecule has 0 spiro atoms. The molecule has 0 rings (SSSR count). The van der Waals surface area contributed by atoms with Gasteiger partial charge in [0.05, 0.1) is 6.61 Å². The number of esters is 1. The number of rotatable bonds is 23. The summed E-state index contributed by atoms with van der Waals surface area (Å²) in [7, 11) is 0. The van der Waals surface area contributed by atoms with Gasteiger partial charge >= 0.3 is 5.97 Å². The smallest absolute Gasteiger partial charge is 0.305 e. The predicted molar refractivity (Wildman–Crippen MR) is 125 cm³/mol. The Hall–Kier alpha value is -0.570. The van der Waals surface area contributed by atoms with Gasteiger partial charge in [0.15, 0.2) is 0 Å². The lowest BCUT2D eigenvalue weighted by atomic mass is 10.0. The van der Waals surface area contributed by atoms with Crippen molar-refractivity contribution in [3.05, 3.63) is 0 Å². The van der Waals surface area contributed by atoms with Crippen LogP contribution < -0.4 is 0 Å². The number of aliphatic hydroxyl groups excluding tert-OH is 1. The molecule has 0 heterocycles. The van der Waals surface area contributed by atoms with Crippen molar-refractivity contribution in [3.63, 3.8) is 0 Å². The molecule has 3 nitrogen and oxygen atoms in total. The lowest BCUT2D eigenvalue weighted by molar-refractivity contribution is -0.145. The van der Waals surface area contributed by atoms with E-state index in [1.165, 1.54) is 103 Å². The van der Waals surface area contributed by atoms with Crippen LogP contribution in [0.25, 0.3) is 0 Å². The molecule has 0 saturated carbocycles. The molecule has 0 aliphatic heterocycles. The van der Waals surface area contributed by atoms with Gasteiger partial charge in [-0.3, -0.25) is 4.79 Å². The van der Waals surface area contributed by atoms with E-state index in [1.54, 1.807) is 0 Å². The molecular formula is C26H52O3. The molecule has 0 unspecified atom stereocenters. The fraction of sp³-hybridized carbons (Fsp3) is 0.962. The van der Waals surface area contributed by atoms with Gasteiger partial charge in [-0.1, -0.05) is 117 Å². The Balaban J connectivity index is 3.25. The van der Waals surface area contributed by atoms with Gasteiger partial charge in [0, 0.05) is 13.0 Å². The third kappa shape index (κ3) is 21.9. The largest absolute Gasteiger partial charge is 0.465 e. The zero-order valence-electron chi connectivity index (χ0n) is 19.9. The number of hydrogen-bond acceptors (Lipinski definition) is 3. The summed E-state index contributed by atoms with van der Waals surface area (Å²) in [6.45, 7) is 5.38. The van der Waals surface area contributed by atoms with E-state index in [-0.39, 0.29) is 5.97 Å². The molecule has 0 aromatic rings. The molecule has 0 saturated heterocycles. The van der Waals surface area contributed by atoms with Crippen LogP contribution in [0.1, 0.15) is 142 Å². The first kappa shape index (κ1) is 28.4. The van der Waals surface area contributed by atoms with Crippen LogP contribution in [0.5, 0.6) is 0 Å². The quantitative estimate of drug-likeness (QED) is 0.137. The molecule has 29 heavy (non-hydrogen) atoms. The molecule has 0 aromatic carbocycles. The van der Waals surface area contributed by atoms with Crippen LogP contribution in [-0.2, 0) is 9.53 Å². The van der Waals surface area contributed by atoms with Crippen LogP contribution in [0.15, 0.2) is 0 Å². The number of unbranched alkanes of at least 4 members (excludes halogenated alkanes) is 15. The van der Waals surface area contributed by atoms with Gasteiger partial charge in [-0.2, -0.15) is 0 Å². The number of hydrogen-bond donors (Lipinski definition) is 1. The predicted octanol–water partition coefficient (Wildman–Crippen LogP) is 7.98. The van der Waals surface area contributed by atoms with Crippen molar-refractivity contribution in [2.45, 2.75) is 142 Å². The summed E-state index contributed by atoms with van der Waals surface area (Å²) < 4.78 is 5.47. The van der Waals surface area contributed by atoms with Crippen molar-refractivity contribution in [1.82, 2.24) is 0 Å². The van der Waals surface area contributed by atoms with Gasteiger partial charge in [0.2, 0.25) is 0 Å². The van der Waals surface area contributed by atoms with Crippen molar-refractivity contribution in [1.29, 1.82) is 0 Å². The maximum Gasteiger partial charge on any atom is 0.305 e. The Bertz CT molecular complexity index is 330. The summed E-state index contributed by atoms with van der Waals surface area (Å²) in [5.41, 5.74) is 0. The van der Waals surface area contributed by atoms with Crippen LogP contribution in [0.2, 0.25) is 0 Å². The average Bonchev–Trinajstić information content (AvgIpc) is 2.73. The maximum atomic E-state index is 11.9. The normalized spacial score (nSPS) is 12.2. The lowest BCUT2D eigenvalue weighted by Gasteiger charge is -2.14. The molecule has 0 radical (unpaired) electrons. The second-order valence-electron chi connectivity index (χ2n) is 8.88. The minimum absolute atomic E-state index is 0.00773. The minimum Gasteiger partial charge on any atom is -0.465 e. The first-order chi connectivity index (χ1) is 14.2. The lowest BCUT2D eigenvalue weighted by Crippen LogP contribution is -2.13. The zero-order valence-corrected chi connectivity index (χ0v) is 19.9. The summed E-state index contributed by atoms with van der Waals surface area (Å²) in [5.74, 6) is 0.559. The topological polar surface area (TPSA) is 46.5 Å². The SMILES string of the molecule is CCCC[C@H](CC)COC(=O)CCCCCCCCCCCCCCCCCO. The fourth-order valence-corrected chi connectivity index (χ4v) is 3.86. The molecule has 0 aliphatic rings. The molecule has 0 aromatic heterocycles. The Labute approximate surface area is 182 Å². The highest BCUT2D eigenvalue weighted by molar-refractivity contribution is 5.69. The molecule has 174 valence electrons. The highest BCUT2D eigenvalue weighted by atomic mass is 16.5. The minimum atomic E-state index is 0.00773. The third-order valence-corrected chi connectivity index (χ3v) is 6.06. The van der Waals surface area contributed by atoms with E-state index in [9.17, 15) is 4.79 Å². The van der Waals surface area contributed by atoms with E-state index in [4.69, 9.17) is 9.84 Å². The van der Waals surface area contributed by atoms with Crippen molar-refractivity contribution in [2.75, 3.05) is 13.2 Å².